The first-order valence-corrected chi connectivity index (χ1v) is 8.91. The molecule has 23 heavy (non-hydrogen) atoms. The van der Waals surface area contributed by atoms with E-state index in [1.807, 2.05) is 16.2 Å². The van der Waals surface area contributed by atoms with Crippen LogP contribution in [0.1, 0.15) is 40.8 Å². The van der Waals surface area contributed by atoms with E-state index in [9.17, 15) is 4.79 Å². The summed E-state index contributed by atoms with van der Waals surface area (Å²) in [5.41, 5.74) is 1.30. The van der Waals surface area contributed by atoms with Crippen LogP contribution in [0.15, 0.2) is 18.6 Å². The summed E-state index contributed by atoms with van der Waals surface area (Å²) in [6.45, 7) is 1.53. The smallest absolute Gasteiger partial charge is 0.323 e. The Hall–Kier alpha value is -2.02. The van der Waals surface area contributed by atoms with Gasteiger partial charge in [0.25, 0.3) is 0 Å². The van der Waals surface area contributed by atoms with Crippen LogP contribution in [-0.4, -0.2) is 39.0 Å². The van der Waals surface area contributed by atoms with Crippen molar-refractivity contribution in [1.82, 2.24) is 19.9 Å². The topological polar surface area (TPSA) is 71.0 Å². The number of likely N-dealkylation sites (tertiary alicyclic amines) is 1. The average molecular weight is 329 g/mol. The highest BCUT2D eigenvalue weighted by Crippen LogP contribution is 2.35. The summed E-state index contributed by atoms with van der Waals surface area (Å²) in [4.78, 5) is 28.5. The Morgan fingerprint density at radius 3 is 3.13 bits per heavy atom. The summed E-state index contributed by atoms with van der Waals surface area (Å²) in [6, 6.07) is 1.61. The fourth-order valence-corrected chi connectivity index (χ4v) is 4.58. The number of aromatic nitrogens is 3. The van der Waals surface area contributed by atoms with Gasteiger partial charge in [0, 0.05) is 30.1 Å². The molecular weight excluding hydrogens is 310 g/mol. The van der Waals surface area contributed by atoms with E-state index in [0.717, 1.165) is 32.4 Å². The van der Waals surface area contributed by atoms with Gasteiger partial charge in [-0.3, -0.25) is 5.32 Å². The highest BCUT2D eigenvalue weighted by molar-refractivity contribution is 7.11. The number of hydrogen-bond acceptors (Lipinski definition) is 5. The van der Waals surface area contributed by atoms with Crippen molar-refractivity contribution >= 4 is 23.2 Å². The standard InChI is InChI=1S/C16H19N5OS/c22-16(20-14-6-7-17-10-18-14)21-8-2-3-11(9-21)15-19-12-4-1-5-13(12)23-15/h6-7,10-11H,1-5,8-9H2,(H,17,18,20,22). The van der Waals surface area contributed by atoms with Crippen molar-refractivity contribution < 1.29 is 4.79 Å². The van der Waals surface area contributed by atoms with Gasteiger partial charge in [-0.25, -0.2) is 19.7 Å². The number of rotatable bonds is 2. The summed E-state index contributed by atoms with van der Waals surface area (Å²) in [7, 11) is 0. The van der Waals surface area contributed by atoms with Crippen LogP contribution < -0.4 is 5.32 Å². The maximum atomic E-state index is 12.4. The van der Waals surface area contributed by atoms with Crippen LogP contribution in [0.25, 0.3) is 0 Å². The SMILES string of the molecule is O=C(Nc1ccncn1)N1CCCC(c2nc3c(s2)CCC3)C1. The number of thiazole rings is 1. The van der Waals surface area contributed by atoms with Gasteiger partial charge in [0.05, 0.1) is 10.7 Å². The summed E-state index contributed by atoms with van der Waals surface area (Å²) in [6.07, 6.45) is 8.74. The largest absolute Gasteiger partial charge is 0.324 e. The zero-order valence-electron chi connectivity index (χ0n) is 12.9. The normalized spacial score (nSPS) is 20.3. The third kappa shape index (κ3) is 3.06. The number of anilines is 1. The zero-order chi connectivity index (χ0) is 15.6. The number of aryl methyl sites for hydroxylation is 2. The summed E-state index contributed by atoms with van der Waals surface area (Å²) in [5.74, 6) is 0.913. The molecule has 0 bridgehead atoms. The van der Waals surface area contributed by atoms with Gasteiger partial charge < -0.3 is 4.90 Å². The number of nitrogens with one attached hydrogen (secondary N) is 1. The molecule has 6 nitrogen and oxygen atoms in total. The van der Waals surface area contributed by atoms with Crippen LogP contribution in [-0.2, 0) is 12.8 Å². The predicted octanol–water partition coefficient (Wildman–Crippen LogP) is 2.83. The molecule has 2 aromatic rings. The molecule has 1 atom stereocenters. The predicted molar refractivity (Wildman–Crippen MR) is 88.7 cm³/mol. The molecule has 1 fully saturated rings. The number of nitrogens with zero attached hydrogens (tertiary/aromatic N) is 4. The summed E-state index contributed by atoms with van der Waals surface area (Å²) >= 11 is 1.86. The second-order valence-corrected chi connectivity index (χ2v) is 7.20. The molecular formula is C16H19N5OS. The minimum atomic E-state index is -0.0857. The number of amides is 2. The minimum absolute atomic E-state index is 0.0857. The Morgan fingerprint density at radius 2 is 2.30 bits per heavy atom. The third-order valence-corrected chi connectivity index (χ3v) is 5.81. The van der Waals surface area contributed by atoms with Crippen LogP contribution in [0.2, 0.25) is 0 Å². The molecule has 2 aromatic heterocycles. The number of carbonyl (C=O) groups is 1. The highest BCUT2D eigenvalue weighted by Gasteiger charge is 2.28. The lowest BCUT2D eigenvalue weighted by Crippen LogP contribution is -2.41. The first kappa shape index (κ1) is 14.6. The lowest BCUT2D eigenvalue weighted by atomic mass is 9.99. The third-order valence-electron chi connectivity index (χ3n) is 4.49. The number of urea groups is 1. The van der Waals surface area contributed by atoms with Crippen molar-refractivity contribution in [3.63, 3.8) is 0 Å². The Kier molecular flexibility index (Phi) is 3.95. The molecule has 2 aliphatic rings. The van der Waals surface area contributed by atoms with E-state index in [0.29, 0.717) is 11.7 Å². The van der Waals surface area contributed by atoms with Crippen molar-refractivity contribution in [3.05, 3.63) is 34.2 Å². The molecule has 7 heteroatoms. The second-order valence-electron chi connectivity index (χ2n) is 6.09. The van der Waals surface area contributed by atoms with Crippen molar-refractivity contribution in [1.29, 1.82) is 0 Å². The maximum Gasteiger partial charge on any atom is 0.323 e. The van der Waals surface area contributed by atoms with Gasteiger partial charge >= 0.3 is 6.03 Å². The van der Waals surface area contributed by atoms with Gasteiger partial charge in [-0.2, -0.15) is 0 Å². The fourth-order valence-electron chi connectivity index (χ4n) is 3.30. The molecule has 1 N–H and O–H groups in total. The lowest BCUT2D eigenvalue weighted by molar-refractivity contribution is 0.192. The maximum absolute atomic E-state index is 12.4. The van der Waals surface area contributed by atoms with Crippen LogP contribution in [0.3, 0.4) is 0 Å². The molecule has 0 aromatic carbocycles. The molecule has 1 saturated heterocycles. The molecule has 1 aliphatic carbocycles. The van der Waals surface area contributed by atoms with Crippen molar-refractivity contribution in [2.45, 2.75) is 38.0 Å². The zero-order valence-corrected chi connectivity index (χ0v) is 13.7. The molecule has 2 amide bonds. The highest BCUT2D eigenvalue weighted by atomic mass is 32.1. The van der Waals surface area contributed by atoms with Gasteiger partial charge in [-0.05, 0) is 38.2 Å². The first-order chi connectivity index (χ1) is 11.3. The molecule has 4 rings (SSSR count). The Balaban J connectivity index is 1.43. The molecule has 120 valence electrons. The van der Waals surface area contributed by atoms with E-state index < -0.39 is 0 Å². The van der Waals surface area contributed by atoms with Crippen LogP contribution >= 0.6 is 11.3 Å². The lowest BCUT2D eigenvalue weighted by Gasteiger charge is -2.31. The molecule has 0 saturated carbocycles. The number of fused-ring (bicyclic) bond motifs is 1. The number of piperidine rings is 1. The van der Waals surface area contributed by atoms with E-state index in [4.69, 9.17) is 4.98 Å². The quantitative estimate of drug-likeness (QED) is 0.919. The van der Waals surface area contributed by atoms with Gasteiger partial charge in [-0.15, -0.1) is 11.3 Å². The van der Waals surface area contributed by atoms with Crippen molar-refractivity contribution in [2.24, 2.45) is 0 Å². The van der Waals surface area contributed by atoms with E-state index in [1.165, 1.54) is 34.7 Å². The van der Waals surface area contributed by atoms with Crippen molar-refractivity contribution in [3.8, 4) is 0 Å². The average Bonchev–Trinajstić information content (AvgIpc) is 3.17. The fraction of sp³-hybridized carbons (Fsp3) is 0.500. The van der Waals surface area contributed by atoms with E-state index in [1.54, 1.807) is 12.3 Å². The van der Waals surface area contributed by atoms with Gasteiger partial charge in [0.15, 0.2) is 0 Å². The van der Waals surface area contributed by atoms with Crippen LogP contribution in [0.5, 0.6) is 0 Å². The molecule has 1 unspecified atom stereocenters. The van der Waals surface area contributed by atoms with Gasteiger partial charge in [0.2, 0.25) is 0 Å². The number of carbonyl (C=O) groups excluding carboxylic acids is 1. The van der Waals surface area contributed by atoms with Crippen LogP contribution in [0.4, 0.5) is 10.6 Å². The summed E-state index contributed by atoms with van der Waals surface area (Å²) < 4.78 is 0. The molecule has 1 aliphatic heterocycles. The monoisotopic (exact) mass is 329 g/mol. The van der Waals surface area contributed by atoms with E-state index >= 15 is 0 Å². The Labute approximate surface area is 139 Å². The summed E-state index contributed by atoms with van der Waals surface area (Å²) in [5, 5.41) is 4.06. The molecule has 0 spiro atoms. The van der Waals surface area contributed by atoms with E-state index in [2.05, 4.69) is 15.3 Å². The van der Waals surface area contributed by atoms with Gasteiger partial charge in [-0.1, -0.05) is 0 Å². The molecule has 0 radical (unpaired) electrons. The number of hydrogen-bond donors (Lipinski definition) is 1. The minimum Gasteiger partial charge on any atom is -0.324 e. The van der Waals surface area contributed by atoms with Crippen LogP contribution in [0, 0.1) is 0 Å². The molecule has 3 heterocycles. The van der Waals surface area contributed by atoms with E-state index in [-0.39, 0.29) is 6.03 Å². The Morgan fingerprint density at radius 1 is 1.35 bits per heavy atom. The second kappa shape index (κ2) is 6.23. The first-order valence-electron chi connectivity index (χ1n) is 8.10. The van der Waals surface area contributed by atoms with Gasteiger partial charge in [0.1, 0.15) is 12.1 Å². The van der Waals surface area contributed by atoms with Crippen molar-refractivity contribution in [2.75, 3.05) is 18.4 Å². The Bertz CT molecular complexity index is 680.